The number of aryl methyl sites for hydroxylation is 1. The van der Waals surface area contributed by atoms with Crippen LogP contribution >= 0.6 is 0 Å². The first-order valence-corrected chi connectivity index (χ1v) is 4.59. The van der Waals surface area contributed by atoms with Gasteiger partial charge in [-0.15, -0.1) is 0 Å². The first kappa shape index (κ1) is 9.02. The molecule has 0 aromatic heterocycles. The minimum absolute atomic E-state index is 0.131. The van der Waals surface area contributed by atoms with Gasteiger partial charge < -0.3 is 0 Å². The van der Waals surface area contributed by atoms with Crippen LogP contribution in [0.15, 0.2) is 24.3 Å². The van der Waals surface area contributed by atoms with E-state index in [1.807, 2.05) is 31.2 Å². The van der Waals surface area contributed by atoms with E-state index in [1.165, 1.54) is 10.6 Å². The number of carbonyl (C=O) groups is 1. The number of hydrogen-bond acceptors (Lipinski definition) is 2. The second-order valence-corrected chi connectivity index (χ2v) is 3.46. The Morgan fingerprint density at radius 2 is 1.86 bits per heavy atom. The average molecular weight is 191 g/mol. The van der Waals surface area contributed by atoms with Crippen LogP contribution < -0.4 is 10.7 Å². The van der Waals surface area contributed by atoms with Crippen LogP contribution in [0.2, 0.25) is 0 Å². The summed E-state index contributed by atoms with van der Waals surface area (Å²) in [5.74, 6) is 5.48. The average Bonchev–Trinajstić information content (AvgIpc) is 2.50. The summed E-state index contributed by atoms with van der Waals surface area (Å²) in [6.45, 7) is 3.27. The Balaban J connectivity index is 2.24. The van der Waals surface area contributed by atoms with Crippen LogP contribution in [-0.2, 0) is 0 Å². The van der Waals surface area contributed by atoms with Crippen molar-refractivity contribution in [3.05, 3.63) is 29.8 Å². The second kappa shape index (κ2) is 3.31. The zero-order valence-corrected chi connectivity index (χ0v) is 8.10. The third-order valence-electron chi connectivity index (χ3n) is 2.39. The highest BCUT2D eigenvalue weighted by Crippen LogP contribution is 2.18. The summed E-state index contributed by atoms with van der Waals surface area (Å²) in [7, 11) is 0. The molecule has 0 radical (unpaired) electrons. The smallest absolute Gasteiger partial charge is 0.291 e. The zero-order chi connectivity index (χ0) is 10.1. The van der Waals surface area contributed by atoms with E-state index in [-0.39, 0.29) is 6.03 Å². The summed E-state index contributed by atoms with van der Waals surface area (Å²) in [5.41, 5.74) is 2.10. The summed E-state index contributed by atoms with van der Waals surface area (Å²) >= 11 is 0. The number of anilines is 1. The largest absolute Gasteiger partial charge is 0.338 e. The van der Waals surface area contributed by atoms with E-state index < -0.39 is 0 Å². The van der Waals surface area contributed by atoms with Crippen LogP contribution in [0.5, 0.6) is 0 Å². The number of nitrogens with two attached hydrogens (primary N) is 1. The van der Waals surface area contributed by atoms with Crippen molar-refractivity contribution in [2.45, 2.75) is 6.92 Å². The van der Waals surface area contributed by atoms with Crippen molar-refractivity contribution >= 4 is 11.7 Å². The molecule has 2 N–H and O–H groups in total. The minimum atomic E-state index is -0.131. The molecule has 1 heterocycles. The SMILES string of the molecule is Cc1ccc(N2CCN(N)C2=O)cc1. The van der Waals surface area contributed by atoms with E-state index in [0.29, 0.717) is 13.1 Å². The van der Waals surface area contributed by atoms with Gasteiger partial charge in [0.15, 0.2) is 0 Å². The second-order valence-electron chi connectivity index (χ2n) is 3.46. The van der Waals surface area contributed by atoms with E-state index in [0.717, 1.165) is 5.69 Å². The number of nitrogens with zero attached hydrogens (tertiary/aromatic N) is 2. The molecule has 0 bridgehead atoms. The molecular weight excluding hydrogens is 178 g/mol. The van der Waals surface area contributed by atoms with Gasteiger partial charge in [0.05, 0.1) is 6.54 Å². The van der Waals surface area contributed by atoms with Crippen LogP contribution in [-0.4, -0.2) is 24.1 Å². The Labute approximate surface area is 82.9 Å². The monoisotopic (exact) mass is 191 g/mol. The molecule has 0 spiro atoms. The molecule has 4 heteroatoms. The lowest BCUT2D eigenvalue weighted by Gasteiger charge is -2.15. The zero-order valence-electron chi connectivity index (χ0n) is 8.10. The Kier molecular flexibility index (Phi) is 2.13. The molecule has 4 nitrogen and oxygen atoms in total. The highest BCUT2D eigenvalue weighted by atomic mass is 16.2. The van der Waals surface area contributed by atoms with Crippen molar-refractivity contribution in [3.63, 3.8) is 0 Å². The summed E-state index contributed by atoms with van der Waals surface area (Å²) in [6.07, 6.45) is 0. The molecule has 1 saturated heterocycles. The Morgan fingerprint density at radius 1 is 1.21 bits per heavy atom. The number of benzene rings is 1. The highest BCUT2D eigenvalue weighted by molar-refractivity contribution is 5.93. The van der Waals surface area contributed by atoms with E-state index in [9.17, 15) is 4.79 Å². The van der Waals surface area contributed by atoms with Gasteiger partial charge in [0.2, 0.25) is 0 Å². The molecular formula is C10H13N3O. The number of urea groups is 1. The van der Waals surface area contributed by atoms with Gasteiger partial charge in [0, 0.05) is 12.2 Å². The fourth-order valence-corrected chi connectivity index (χ4v) is 1.52. The van der Waals surface area contributed by atoms with Gasteiger partial charge in [0.1, 0.15) is 0 Å². The number of rotatable bonds is 1. The lowest BCUT2D eigenvalue weighted by molar-refractivity contribution is 0.222. The molecule has 2 amide bonds. The van der Waals surface area contributed by atoms with E-state index in [2.05, 4.69) is 0 Å². The molecule has 1 fully saturated rings. The summed E-state index contributed by atoms with van der Waals surface area (Å²) in [4.78, 5) is 13.2. The third kappa shape index (κ3) is 1.44. The fourth-order valence-electron chi connectivity index (χ4n) is 1.52. The molecule has 1 aromatic carbocycles. The van der Waals surface area contributed by atoms with Crippen molar-refractivity contribution in [3.8, 4) is 0 Å². The molecule has 1 aromatic rings. The molecule has 0 saturated carbocycles. The van der Waals surface area contributed by atoms with Gasteiger partial charge in [-0.2, -0.15) is 0 Å². The molecule has 0 atom stereocenters. The third-order valence-corrected chi connectivity index (χ3v) is 2.39. The van der Waals surface area contributed by atoms with Gasteiger partial charge >= 0.3 is 6.03 Å². The summed E-state index contributed by atoms with van der Waals surface area (Å²) in [5, 5.41) is 1.24. The lowest BCUT2D eigenvalue weighted by atomic mass is 10.2. The van der Waals surface area contributed by atoms with Gasteiger partial charge in [-0.1, -0.05) is 17.7 Å². The topological polar surface area (TPSA) is 49.6 Å². The van der Waals surface area contributed by atoms with E-state index >= 15 is 0 Å². The number of amides is 2. The van der Waals surface area contributed by atoms with Crippen LogP contribution in [0.1, 0.15) is 5.56 Å². The molecule has 1 aliphatic heterocycles. The van der Waals surface area contributed by atoms with E-state index in [4.69, 9.17) is 5.84 Å². The maximum absolute atomic E-state index is 11.5. The maximum atomic E-state index is 11.5. The van der Waals surface area contributed by atoms with Gasteiger partial charge in [0.25, 0.3) is 0 Å². The van der Waals surface area contributed by atoms with Crippen molar-refractivity contribution in [1.29, 1.82) is 0 Å². The van der Waals surface area contributed by atoms with Crippen LogP contribution in [0.3, 0.4) is 0 Å². The Bertz CT molecular complexity index is 347. The van der Waals surface area contributed by atoms with Crippen LogP contribution in [0.25, 0.3) is 0 Å². The predicted octanol–water partition coefficient (Wildman–Crippen LogP) is 1.11. The molecule has 0 aliphatic carbocycles. The maximum Gasteiger partial charge on any atom is 0.338 e. The molecule has 0 unspecified atom stereocenters. The summed E-state index contributed by atoms with van der Waals surface area (Å²) in [6, 6.07) is 7.72. The Hall–Kier alpha value is -1.55. The van der Waals surface area contributed by atoms with Crippen molar-refractivity contribution in [2.24, 2.45) is 5.84 Å². The summed E-state index contributed by atoms with van der Waals surface area (Å²) < 4.78 is 0. The van der Waals surface area contributed by atoms with Crippen LogP contribution in [0, 0.1) is 6.92 Å². The van der Waals surface area contributed by atoms with E-state index in [1.54, 1.807) is 4.90 Å². The molecule has 2 rings (SSSR count). The highest BCUT2D eigenvalue weighted by Gasteiger charge is 2.26. The number of hydrazine groups is 1. The van der Waals surface area contributed by atoms with Gasteiger partial charge in [-0.3, -0.25) is 9.91 Å². The normalized spacial score (nSPS) is 16.6. The van der Waals surface area contributed by atoms with Crippen LogP contribution in [0.4, 0.5) is 10.5 Å². The van der Waals surface area contributed by atoms with Crippen molar-refractivity contribution in [2.75, 3.05) is 18.0 Å². The lowest BCUT2D eigenvalue weighted by Crippen LogP contribution is -2.36. The van der Waals surface area contributed by atoms with Crippen molar-refractivity contribution in [1.82, 2.24) is 5.01 Å². The molecule has 1 aliphatic rings. The number of hydrogen-bond donors (Lipinski definition) is 1. The predicted molar refractivity (Wildman–Crippen MR) is 54.8 cm³/mol. The van der Waals surface area contributed by atoms with Gasteiger partial charge in [-0.25, -0.2) is 10.6 Å². The Morgan fingerprint density at radius 3 is 2.36 bits per heavy atom. The fraction of sp³-hybridized carbons (Fsp3) is 0.300. The minimum Gasteiger partial charge on any atom is -0.291 e. The quantitative estimate of drug-likeness (QED) is 0.534. The molecule has 14 heavy (non-hydrogen) atoms. The van der Waals surface area contributed by atoms with Crippen molar-refractivity contribution < 1.29 is 4.79 Å². The molecule has 74 valence electrons. The number of carbonyl (C=O) groups excluding carboxylic acids is 1. The first-order chi connectivity index (χ1) is 6.68. The standard InChI is InChI=1S/C10H13N3O/c1-8-2-4-9(5-3-8)12-6-7-13(11)10(12)14/h2-5H,6-7,11H2,1H3. The van der Waals surface area contributed by atoms with Gasteiger partial charge in [-0.05, 0) is 19.1 Å². The first-order valence-electron chi connectivity index (χ1n) is 4.59.